The van der Waals surface area contributed by atoms with Crippen molar-refractivity contribution >= 4 is 17.9 Å². The van der Waals surface area contributed by atoms with Crippen molar-refractivity contribution in [2.24, 2.45) is 5.92 Å². The zero-order valence-corrected chi connectivity index (χ0v) is 17.8. The van der Waals surface area contributed by atoms with Crippen LogP contribution in [0.5, 0.6) is 0 Å². The first-order valence-electron chi connectivity index (χ1n) is 11.0. The van der Waals surface area contributed by atoms with Crippen molar-refractivity contribution in [1.29, 1.82) is 0 Å². The zero-order valence-electron chi connectivity index (χ0n) is 17.8. The SMILES string of the molecule is O=C(c1cnccn1)N1CCCC(C(=O)N2CCN(C/C=C/c3ccccc3)CC2)C1. The fourth-order valence-corrected chi connectivity index (χ4v) is 4.25. The molecular weight excluding hydrogens is 390 g/mol. The lowest BCUT2D eigenvalue weighted by Crippen LogP contribution is -2.53. The number of likely N-dealkylation sites (tertiary alicyclic amines) is 1. The highest BCUT2D eigenvalue weighted by Crippen LogP contribution is 2.21. The van der Waals surface area contributed by atoms with Gasteiger partial charge in [-0.05, 0) is 18.4 Å². The third kappa shape index (κ3) is 5.55. The number of benzene rings is 1. The second-order valence-corrected chi connectivity index (χ2v) is 8.12. The molecule has 0 saturated carbocycles. The molecule has 1 atom stereocenters. The van der Waals surface area contributed by atoms with Crippen LogP contribution in [-0.2, 0) is 4.79 Å². The van der Waals surface area contributed by atoms with Gasteiger partial charge in [0, 0.05) is 58.2 Å². The van der Waals surface area contributed by atoms with Crippen LogP contribution in [0.2, 0.25) is 0 Å². The summed E-state index contributed by atoms with van der Waals surface area (Å²) in [4.78, 5) is 39.9. The number of hydrogen-bond acceptors (Lipinski definition) is 5. The number of piperazine rings is 1. The van der Waals surface area contributed by atoms with E-state index in [2.05, 4.69) is 39.2 Å². The molecule has 31 heavy (non-hydrogen) atoms. The lowest BCUT2D eigenvalue weighted by atomic mass is 9.96. The van der Waals surface area contributed by atoms with Crippen LogP contribution in [0.4, 0.5) is 0 Å². The normalized spacial score (nSPS) is 20.2. The highest BCUT2D eigenvalue weighted by molar-refractivity contribution is 5.92. The van der Waals surface area contributed by atoms with Gasteiger partial charge in [-0.15, -0.1) is 0 Å². The van der Waals surface area contributed by atoms with Crippen molar-refractivity contribution in [3.63, 3.8) is 0 Å². The van der Waals surface area contributed by atoms with Crippen molar-refractivity contribution in [2.75, 3.05) is 45.8 Å². The van der Waals surface area contributed by atoms with Crippen molar-refractivity contribution in [3.05, 3.63) is 66.3 Å². The average molecular weight is 420 g/mol. The van der Waals surface area contributed by atoms with Crippen LogP contribution >= 0.6 is 0 Å². The van der Waals surface area contributed by atoms with Crippen molar-refractivity contribution in [2.45, 2.75) is 12.8 Å². The first kappa shape index (κ1) is 21.2. The molecule has 2 amide bonds. The fourth-order valence-electron chi connectivity index (χ4n) is 4.25. The van der Waals surface area contributed by atoms with E-state index in [-0.39, 0.29) is 17.7 Å². The Morgan fingerprint density at radius 2 is 1.81 bits per heavy atom. The number of piperidine rings is 1. The smallest absolute Gasteiger partial charge is 0.274 e. The van der Waals surface area contributed by atoms with Gasteiger partial charge in [0.1, 0.15) is 5.69 Å². The predicted octanol–water partition coefficient (Wildman–Crippen LogP) is 2.19. The molecule has 2 aliphatic rings. The van der Waals surface area contributed by atoms with E-state index in [9.17, 15) is 9.59 Å². The largest absolute Gasteiger partial charge is 0.340 e. The van der Waals surface area contributed by atoms with E-state index < -0.39 is 0 Å². The maximum Gasteiger partial charge on any atom is 0.274 e. The highest BCUT2D eigenvalue weighted by Gasteiger charge is 2.33. The van der Waals surface area contributed by atoms with E-state index in [1.807, 2.05) is 23.1 Å². The molecule has 0 radical (unpaired) electrons. The van der Waals surface area contributed by atoms with Crippen LogP contribution in [0.1, 0.15) is 28.9 Å². The fraction of sp³-hybridized carbons (Fsp3) is 0.417. The third-order valence-corrected chi connectivity index (χ3v) is 6.00. The number of hydrogen-bond donors (Lipinski definition) is 0. The lowest BCUT2D eigenvalue weighted by Gasteiger charge is -2.38. The van der Waals surface area contributed by atoms with Gasteiger partial charge in [0.25, 0.3) is 5.91 Å². The molecule has 0 bridgehead atoms. The van der Waals surface area contributed by atoms with Crippen molar-refractivity contribution in [1.82, 2.24) is 24.7 Å². The summed E-state index contributed by atoms with van der Waals surface area (Å²) < 4.78 is 0. The molecule has 2 fully saturated rings. The first-order valence-corrected chi connectivity index (χ1v) is 11.0. The average Bonchev–Trinajstić information content (AvgIpc) is 2.85. The van der Waals surface area contributed by atoms with Crippen LogP contribution in [0, 0.1) is 5.92 Å². The minimum absolute atomic E-state index is 0.126. The van der Waals surface area contributed by atoms with Gasteiger partial charge in [-0.2, -0.15) is 0 Å². The second-order valence-electron chi connectivity index (χ2n) is 8.12. The summed E-state index contributed by atoms with van der Waals surface area (Å²) in [6.45, 7) is 5.26. The van der Waals surface area contributed by atoms with Gasteiger partial charge in [0.05, 0.1) is 12.1 Å². The van der Waals surface area contributed by atoms with Crippen LogP contribution in [0.15, 0.2) is 55.0 Å². The minimum Gasteiger partial charge on any atom is -0.340 e. The van der Waals surface area contributed by atoms with Crippen LogP contribution < -0.4 is 0 Å². The first-order chi connectivity index (χ1) is 15.2. The van der Waals surface area contributed by atoms with Gasteiger partial charge in [0.15, 0.2) is 0 Å². The van der Waals surface area contributed by atoms with Gasteiger partial charge < -0.3 is 9.80 Å². The summed E-state index contributed by atoms with van der Waals surface area (Å²) in [7, 11) is 0. The lowest BCUT2D eigenvalue weighted by molar-refractivity contribution is -0.138. The van der Waals surface area contributed by atoms with E-state index in [0.717, 1.165) is 45.6 Å². The summed E-state index contributed by atoms with van der Waals surface area (Å²) in [5.41, 5.74) is 1.54. The topological polar surface area (TPSA) is 69.6 Å². The van der Waals surface area contributed by atoms with E-state index in [1.54, 1.807) is 11.1 Å². The van der Waals surface area contributed by atoms with E-state index >= 15 is 0 Å². The molecule has 1 aromatic carbocycles. The quantitative estimate of drug-likeness (QED) is 0.743. The Morgan fingerprint density at radius 1 is 1.00 bits per heavy atom. The molecule has 2 aliphatic heterocycles. The maximum atomic E-state index is 13.1. The molecule has 2 saturated heterocycles. The Bertz CT molecular complexity index is 895. The molecule has 0 N–H and O–H groups in total. The van der Waals surface area contributed by atoms with Gasteiger partial charge in [-0.25, -0.2) is 4.98 Å². The van der Waals surface area contributed by atoms with Gasteiger partial charge in [-0.3, -0.25) is 19.5 Å². The molecule has 7 heteroatoms. The Labute approximate surface area is 183 Å². The molecule has 2 aromatic rings. The third-order valence-electron chi connectivity index (χ3n) is 6.00. The molecule has 4 rings (SSSR count). The van der Waals surface area contributed by atoms with Crippen LogP contribution in [0.25, 0.3) is 6.08 Å². The van der Waals surface area contributed by atoms with Gasteiger partial charge in [-0.1, -0.05) is 42.5 Å². The Morgan fingerprint density at radius 3 is 2.55 bits per heavy atom. The molecule has 1 unspecified atom stereocenters. The number of rotatable bonds is 5. The Kier molecular flexibility index (Phi) is 7.04. The summed E-state index contributed by atoms with van der Waals surface area (Å²) >= 11 is 0. The molecule has 162 valence electrons. The maximum absolute atomic E-state index is 13.1. The van der Waals surface area contributed by atoms with Crippen molar-refractivity contribution in [3.8, 4) is 0 Å². The molecule has 0 aliphatic carbocycles. The summed E-state index contributed by atoms with van der Waals surface area (Å²) in [5.74, 6) is -0.0874. The monoisotopic (exact) mass is 419 g/mol. The Hall–Kier alpha value is -3.06. The molecule has 0 spiro atoms. The predicted molar refractivity (Wildman–Crippen MR) is 119 cm³/mol. The van der Waals surface area contributed by atoms with Crippen molar-refractivity contribution < 1.29 is 9.59 Å². The van der Waals surface area contributed by atoms with E-state index in [1.165, 1.54) is 18.0 Å². The molecule has 3 heterocycles. The summed E-state index contributed by atoms with van der Waals surface area (Å²) in [6.07, 6.45) is 10.6. The van der Waals surface area contributed by atoms with Crippen LogP contribution in [0.3, 0.4) is 0 Å². The van der Waals surface area contributed by atoms with Gasteiger partial charge >= 0.3 is 0 Å². The molecule has 1 aromatic heterocycles. The van der Waals surface area contributed by atoms with Gasteiger partial charge in [0.2, 0.25) is 5.91 Å². The standard InChI is InChI=1S/C24H29N5O2/c30-23(21-9-5-13-29(19-21)24(31)22-18-25-10-11-26-22)28-16-14-27(15-17-28)12-4-8-20-6-2-1-3-7-20/h1-4,6-8,10-11,18,21H,5,9,12-17,19H2/b8-4+. The summed E-state index contributed by atoms with van der Waals surface area (Å²) in [6, 6.07) is 10.3. The molecular formula is C24H29N5O2. The van der Waals surface area contributed by atoms with E-state index in [0.29, 0.717) is 18.8 Å². The van der Waals surface area contributed by atoms with E-state index in [4.69, 9.17) is 0 Å². The highest BCUT2D eigenvalue weighted by atomic mass is 16.2. The molecule has 7 nitrogen and oxygen atoms in total. The second kappa shape index (κ2) is 10.3. The number of aromatic nitrogens is 2. The Balaban J connectivity index is 1.25. The number of nitrogens with zero attached hydrogens (tertiary/aromatic N) is 5. The number of carbonyl (C=O) groups excluding carboxylic acids is 2. The van der Waals surface area contributed by atoms with Crippen LogP contribution in [-0.4, -0.2) is 82.3 Å². The minimum atomic E-state index is -0.138. The number of carbonyl (C=O) groups is 2. The number of amides is 2. The summed E-state index contributed by atoms with van der Waals surface area (Å²) in [5, 5.41) is 0. The zero-order chi connectivity index (χ0) is 21.5.